The predicted octanol–water partition coefficient (Wildman–Crippen LogP) is 5.28. The van der Waals surface area contributed by atoms with Crippen LogP contribution in [-0.4, -0.2) is 31.1 Å². The highest BCUT2D eigenvalue weighted by atomic mass is 16.7. The molecule has 1 saturated heterocycles. The van der Waals surface area contributed by atoms with Crippen LogP contribution in [0.3, 0.4) is 0 Å². The molecule has 0 spiro atoms. The zero-order valence-corrected chi connectivity index (χ0v) is 17.1. The van der Waals surface area contributed by atoms with Crippen LogP contribution in [0.4, 0.5) is 0 Å². The quantitative estimate of drug-likeness (QED) is 0.706. The van der Waals surface area contributed by atoms with Gasteiger partial charge in [0.1, 0.15) is 0 Å². The molecule has 4 unspecified atom stereocenters. The number of nitrogens with one attached hydrogen (secondary N) is 1. The van der Waals surface area contributed by atoms with E-state index in [0.29, 0.717) is 6.04 Å². The molecule has 3 fully saturated rings. The van der Waals surface area contributed by atoms with Crippen LogP contribution in [0.5, 0.6) is 0 Å². The van der Waals surface area contributed by atoms with E-state index in [1.54, 1.807) is 0 Å². The smallest absolute Gasteiger partial charge is 0.171 e. The van der Waals surface area contributed by atoms with Gasteiger partial charge < -0.3 is 14.8 Å². The lowest BCUT2D eigenvalue weighted by Gasteiger charge is -2.43. The molecule has 2 aliphatic carbocycles. The lowest BCUT2D eigenvalue weighted by Crippen LogP contribution is -2.46. The van der Waals surface area contributed by atoms with Gasteiger partial charge in [0.25, 0.3) is 0 Å². The van der Waals surface area contributed by atoms with E-state index in [-0.39, 0.29) is 11.5 Å². The van der Waals surface area contributed by atoms with Gasteiger partial charge in [0.05, 0.1) is 12.7 Å². The van der Waals surface area contributed by atoms with E-state index in [1.807, 2.05) is 0 Å². The zero-order chi connectivity index (χ0) is 17.9. The van der Waals surface area contributed by atoms with Gasteiger partial charge in [-0.05, 0) is 44.4 Å². The van der Waals surface area contributed by atoms with E-state index >= 15 is 0 Å². The van der Waals surface area contributed by atoms with Gasteiger partial charge in [0.15, 0.2) is 5.79 Å². The molecule has 3 rings (SSSR count). The average molecular weight is 352 g/mol. The SMILES string of the molecule is CC1CCCC(CC(C)(C)C2(C)OCC(CNC3CCCCC3)O2)C1. The molecule has 4 atom stereocenters. The first kappa shape index (κ1) is 19.6. The van der Waals surface area contributed by atoms with Gasteiger partial charge in [-0.2, -0.15) is 0 Å². The Morgan fingerprint density at radius 3 is 2.52 bits per heavy atom. The number of ether oxygens (including phenoxy) is 2. The maximum atomic E-state index is 6.49. The average Bonchev–Trinajstić information content (AvgIpc) is 2.97. The normalized spacial score (nSPS) is 38.2. The van der Waals surface area contributed by atoms with Gasteiger partial charge in [0, 0.05) is 18.0 Å². The Morgan fingerprint density at radius 2 is 1.80 bits per heavy atom. The summed E-state index contributed by atoms with van der Waals surface area (Å²) in [6, 6.07) is 0.695. The predicted molar refractivity (Wildman–Crippen MR) is 104 cm³/mol. The van der Waals surface area contributed by atoms with Gasteiger partial charge in [0.2, 0.25) is 0 Å². The lowest BCUT2D eigenvalue weighted by atomic mass is 9.70. The molecule has 25 heavy (non-hydrogen) atoms. The third-order valence-electron chi connectivity index (χ3n) is 7.25. The lowest BCUT2D eigenvalue weighted by molar-refractivity contribution is -0.228. The van der Waals surface area contributed by atoms with E-state index in [1.165, 1.54) is 64.2 Å². The maximum Gasteiger partial charge on any atom is 0.171 e. The Kier molecular flexibility index (Phi) is 6.50. The van der Waals surface area contributed by atoms with Crippen LogP contribution >= 0.6 is 0 Å². The largest absolute Gasteiger partial charge is 0.347 e. The van der Waals surface area contributed by atoms with Gasteiger partial charge in [-0.15, -0.1) is 0 Å². The molecule has 2 saturated carbocycles. The third kappa shape index (κ3) is 4.99. The van der Waals surface area contributed by atoms with Crippen molar-refractivity contribution in [1.82, 2.24) is 5.32 Å². The van der Waals surface area contributed by atoms with Crippen LogP contribution in [0.25, 0.3) is 0 Å². The summed E-state index contributed by atoms with van der Waals surface area (Å²) in [4.78, 5) is 0. The molecule has 0 aromatic carbocycles. The second-order valence-electron chi connectivity index (χ2n) is 9.97. The highest BCUT2D eigenvalue weighted by Gasteiger charge is 2.50. The first-order chi connectivity index (χ1) is 11.9. The minimum Gasteiger partial charge on any atom is -0.347 e. The van der Waals surface area contributed by atoms with Crippen molar-refractivity contribution in [1.29, 1.82) is 0 Å². The summed E-state index contributed by atoms with van der Waals surface area (Å²) in [5.41, 5.74) is 0.0638. The fourth-order valence-electron chi connectivity index (χ4n) is 5.35. The Bertz CT molecular complexity index is 418. The van der Waals surface area contributed by atoms with E-state index in [4.69, 9.17) is 9.47 Å². The molecule has 0 amide bonds. The van der Waals surface area contributed by atoms with Crippen molar-refractivity contribution in [2.24, 2.45) is 17.3 Å². The molecule has 3 nitrogen and oxygen atoms in total. The van der Waals surface area contributed by atoms with Gasteiger partial charge in [-0.1, -0.05) is 59.3 Å². The summed E-state index contributed by atoms with van der Waals surface area (Å²) in [5, 5.41) is 3.73. The fraction of sp³-hybridized carbons (Fsp3) is 1.00. The summed E-state index contributed by atoms with van der Waals surface area (Å²) in [7, 11) is 0. The zero-order valence-electron chi connectivity index (χ0n) is 17.1. The van der Waals surface area contributed by atoms with Crippen LogP contribution in [-0.2, 0) is 9.47 Å². The maximum absolute atomic E-state index is 6.49. The summed E-state index contributed by atoms with van der Waals surface area (Å²) in [6.07, 6.45) is 13.8. The number of rotatable bonds is 6. The van der Waals surface area contributed by atoms with Crippen molar-refractivity contribution in [3.63, 3.8) is 0 Å². The minimum absolute atomic E-state index is 0.0638. The molecule has 0 bridgehead atoms. The van der Waals surface area contributed by atoms with Crippen molar-refractivity contribution < 1.29 is 9.47 Å². The molecule has 1 N–H and O–H groups in total. The van der Waals surface area contributed by atoms with Crippen LogP contribution in [0.1, 0.15) is 91.9 Å². The second kappa shape index (κ2) is 8.27. The molecule has 0 aromatic rings. The monoisotopic (exact) mass is 351 g/mol. The molecule has 0 radical (unpaired) electrons. The van der Waals surface area contributed by atoms with Crippen LogP contribution in [0, 0.1) is 17.3 Å². The third-order valence-corrected chi connectivity index (χ3v) is 7.25. The fourth-order valence-corrected chi connectivity index (χ4v) is 5.35. The summed E-state index contributed by atoms with van der Waals surface area (Å²) < 4.78 is 12.8. The van der Waals surface area contributed by atoms with E-state index in [2.05, 4.69) is 33.0 Å². The molecular weight excluding hydrogens is 310 g/mol. The Morgan fingerprint density at radius 1 is 1.04 bits per heavy atom. The molecule has 3 heteroatoms. The van der Waals surface area contributed by atoms with E-state index < -0.39 is 5.79 Å². The Hall–Kier alpha value is -0.120. The minimum atomic E-state index is -0.438. The molecular formula is C22H41NO2. The van der Waals surface area contributed by atoms with E-state index in [0.717, 1.165) is 25.0 Å². The van der Waals surface area contributed by atoms with Crippen LogP contribution < -0.4 is 5.32 Å². The summed E-state index contributed by atoms with van der Waals surface area (Å²) in [5.74, 6) is 1.29. The van der Waals surface area contributed by atoms with Crippen molar-refractivity contribution >= 4 is 0 Å². The van der Waals surface area contributed by atoms with Crippen molar-refractivity contribution in [3.8, 4) is 0 Å². The first-order valence-electron chi connectivity index (χ1n) is 10.9. The standard InChI is InChI=1S/C22H41NO2/c1-17-9-8-10-18(13-17)14-21(2,3)22(4)24-16-20(25-22)15-23-19-11-6-5-7-12-19/h17-20,23H,5-16H2,1-4H3. The van der Waals surface area contributed by atoms with Gasteiger partial charge >= 0.3 is 0 Å². The van der Waals surface area contributed by atoms with Gasteiger partial charge in [-0.3, -0.25) is 0 Å². The molecule has 3 aliphatic rings. The van der Waals surface area contributed by atoms with Gasteiger partial charge in [-0.25, -0.2) is 0 Å². The van der Waals surface area contributed by atoms with Crippen molar-refractivity contribution in [2.75, 3.05) is 13.2 Å². The van der Waals surface area contributed by atoms with Crippen molar-refractivity contribution in [2.45, 2.75) is 110 Å². The highest BCUT2D eigenvalue weighted by Crippen LogP contribution is 2.47. The Labute approximate surface area is 155 Å². The molecule has 146 valence electrons. The molecule has 1 aliphatic heterocycles. The second-order valence-corrected chi connectivity index (χ2v) is 9.97. The topological polar surface area (TPSA) is 30.5 Å². The number of hydrogen-bond acceptors (Lipinski definition) is 3. The molecule has 0 aromatic heterocycles. The first-order valence-corrected chi connectivity index (χ1v) is 10.9. The van der Waals surface area contributed by atoms with E-state index in [9.17, 15) is 0 Å². The Balaban J connectivity index is 1.48. The van der Waals surface area contributed by atoms with Crippen molar-refractivity contribution in [3.05, 3.63) is 0 Å². The molecule has 1 heterocycles. The summed E-state index contributed by atoms with van der Waals surface area (Å²) >= 11 is 0. The highest BCUT2D eigenvalue weighted by molar-refractivity contribution is 4.92. The summed E-state index contributed by atoms with van der Waals surface area (Å²) in [6.45, 7) is 11.0. The number of hydrogen-bond donors (Lipinski definition) is 1. The van der Waals surface area contributed by atoms with Crippen LogP contribution in [0.15, 0.2) is 0 Å². The van der Waals surface area contributed by atoms with Crippen LogP contribution in [0.2, 0.25) is 0 Å².